The van der Waals surface area contributed by atoms with Crippen molar-refractivity contribution in [3.63, 3.8) is 0 Å². The number of fused-ring (bicyclic) bond motifs is 1. The lowest BCUT2D eigenvalue weighted by atomic mass is 9.97. The van der Waals surface area contributed by atoms with Gasteiger partial charge in [-0.2, -0.15) is 0 Å². The van der Waals surface area contributed by atoms with Gasteiger partial charge in [0.2, 0.25) is 0 Å². The summed E-state index contributed by atoms with van der Waals surface area (Å²) < 4.78 is 5.97. The summed E-state index contributed by atoms with van der Waals surface area (Å²) in [5, 5.41) is 11.7. The lowest BCUT2D eigenvalue weighted by Gasteiger charge is -2.14. The van der Waals surface area contributed by atoms with E-state index in [9.17, 15) is 4.79 Å². The normalized spacial score (nSPS) is 16.0. The van der Waals surface area contributed by atoms with E-state index in [1.807, 2.05) is 43.3 Å². The fourth-order valence-electron chi connectivity index (χ4n) is 2.78. The number of carboxylic acid groups (broad SMARTS) is 1. The predicted octanol–water partition coefficient (Wildman–Crippen LogP) is 3.89. The molecule has 2 aromatic rings. The minimum Gasteiger partial charge on any atom is -0.487 e. The molecule has 4 nitrogen and oxygen atoms in total. The molecule has 0 bridgehead atoms. The average Bonchev–Trinajstić information content (AvgIpc) is 2.87. The van der Waals surface area contributed by atoms with Crippen molar-refractivity contribution >= 4 is 17.7 Å². The Balaban J connectivity index is 1.96. The van der Waals surface area contributed by atoms with E-state index < -0.39 is 6.09 Å². The van der Waals surface area contributed by atoms with Crippen LogP contribution in [-0.4, -0.2) is 23.8 Å². The van der Waals surface area contributed by atoms with Crippen LogP contribution in [0.5, 0.6) is 5.75 Å². The quantitative estimate of drug-likeness (QED) is 0.903. The van der Waals surface area contributed by atoms with Crippen molar-refractivity contribution in [1.82, 2.24) is 5.32 Å². The van der Waals surface area contributed by atoms with Gasteiger partial charge in [0.05, 0.1) is 6.54 Å². The average molecular weight is 318 g/mol. The molecule has 1 aliphatic heterocycles. The molecule has 2 aromatic carbocycles. The summed E-state index contributed by atoms with van der Waals surface area (Å²) in [6.07, 6.45) is -0.598. The Bertz CT molecular complexity index is 730. The molecule has 1 amide bonds. The molecule has 0 fully saturated rings. The van der Waals surface area contributed by atoms with E-state index in [0.29, 0.717) is 11.4 Å². The molecule has 1 atom stereocenters. The number of amides is 1. The second-order valence-corrected chi connectivity index (χ2v) is 5.82. The number of aryl methyl sites for hydroxylation is 1. The number of hydrogen-bond acceptors (Lipinski definition) is 2. The lowest BCUT2D eigenvalue weighted by Crippen LogP contribution is -2.33. The first-order chi connectivity index (χ1) is 10.5. The third-order valence-corrected chi connectivity index (χ3v) is 4.00. The third-order valence-electron chi connectivity index (χ3n) is 3.78. The largest absolute Gasteiger partial charge is 0.487 e. The van der Waals surface area contributed by atoms with Gasteiger partial charge >= 0.3 is 6.09 Å². The standard InChI is InChI=1S/C17H16ClNO3/c1-10-4-2-3-5-14(10)15-8-12(18)6-11-7-13(22-16(11)15)9-19-17(20)21/h2-6,8,13,19H,7,9H2,1H3,(H,20,21). The van der Waals surface area contributed by atoms with Crippen LogP contribution in [0.3, 0.4) is 0 Å². The van der Waals surface area contributed by atoms with E-state index >= 15 is 0 Å². The molecular formula is C17H16ClNO3. The molecule has 3 rings (SSSR count). The second-order valence-electron chi connectivity index (χ2n) is 5.39. The molecule has 5 heteroatoms. The van der Waals surface area contributed by atoms with Gasteiger partial charge in [0.25, 0.3) is 0 Å². The minimum absolute atomic E-state index is 0.202. The number of rotatable bonds is 3. The highest BCUT2D eigenvalue weighted by atomic mass is 35.5. The number of hydrogen-bond donors (Lipinski definition) is 2. The fourth-order valence-corrected chi connectivity index (χ4v) is 3.03. The molecule has 0 aromatic heterocycles. The van der Waals surface area contributed by atoms with Gasteiger partial charge in [0, 0.05) is 22.6 Å². The summed E-state index contributed by atoms with van der Waals surface area (Å²) in [4.78, 5) is 10.6. The maximum atomic E-state index is 10.6. The number of benzene rings is 2. The van der Waals surface area contributed by atoms with Gasteiger partial charge in [-0.3, -0.25) is 0 Å². The Hall–Kier alpha value is -2.20. The minimum atomic E-state index is -1.04. The number of ether oxygens (including phenoxy) is 1. The molecule has 0 radical (unpaired) electrons. The fraction of sp³-hybridized carbons (Fsp3) is 0.235. The third kappa shape index (κ3) is 2.88. The summed E-state index contributed by atoms with van der Waals surface area (Å²) in [6.45, 7) is 2.30. The van der Waals surface area contributed by atoms with Crippen molar-refractivity contribution in [1.29, 1.82) is 0 Å². The molecule has 1 unspecified atom stereocenters. The van der Waals surface area contributed by atoms with Crippen molar-refractivity contribution in [3.8, 4) is 16.9 Å². The molecule has 1 aliphatic rings. The Morgan fingerprint density at radius 2 is 2.14 bits per heavy atom. The van der Waals surface area contributed by atoms with Crippen molar-refractivity contribution in [2.24, 2.45) is 0 Å². The van der Waals surface area contributed by atoms with Crippen LogP contribution in [0.4, 0.5) is 4.79 Å². The molecule has 0 aliphatic carbocycles. The summed E-state index contributed by atoms with van der Waals surface area (Å²) in [5.74, 6) is 0.802. The Kier molecular flexibility index (Phi) is 3.94. The Morgan fingerprint density at radius 1 is 1.36 bits per heavy atom. The van der Waals surface area contributed by atoms with Gasteiger partial charge < -0.3 is 15.2 Å². The first kappa shape index (κ1) is 14.7. The van der Waals surface area contributed by atoms with Crippen LogP contribution in [-0.2, 0) is 6.42 Å². The van der Waals surface area contributed by atoms with Crippen LogP contribution in [0.15, 0.2) is 36.4 Å². The SMILES string of the molecule is Cc1ccccc1-c1cc(Cl)cc2c1OC(CNC(=O)O)C2. The first-order valence-electron chi connectivity index (χ1n) is 7.06. The van der Waals surface area contributed by atoms with Crippen LogP contribution < -0.4 is 10.1 Å². The Morgan fingerprint density at radius 3 is 2.86 bits per heavy atom. The van der Waals surface area contributed by atoms with Gasteiger partial charge in [-0.1, -0.05) is 35.9 Å². The molecule has 114 valence electrons. The van der Waals surface area contributed by atoms with Crippen LogP contribution >= 0.6 is 11.6 Å². The van der Waals surface area contributed by atoms with E-state index in [-0.39, 0.29) is 12.6 Å². The highest BCUT2D eigenvalue weighted by Gasteiger charge is 2.27. The molecular weight excluding hydrogens is 302 g/mol. The van der Waals surface area contributed by atoms with E-state index in [0.717, 1.165) is 28.0 Å². The number of nitrogens with one attached hydrogen (secondary N) is 1. The van der Waals surface area contributed by atoms with Crippen molar-refractivity contribution in [2.75, 3.05) is 6.54 Å². The molecule has 0 spiro atoms. The van der Waals surface area contributed by atoms with E-state index in [1.165, 1.54) is 0 Å². The summed E-state index contributed by atoms with van der Waals surface area (Å²) in [5.41, 5.74) is 4.19. The van der Waals surface area contributed by atoms with E-state index in [1.54, 1.807) is 0 Å². The molecule has 1 heterocycles. The molecule has 0 saturated carbocycles. The molecule has 22 heavy (non-hydrogen) atoms. The van der Waals surface area contributed by atoms with Crippen LogP contribution in [0.2, 0.25) is 5.02 Å². The van der Waals surface area contributed by atoms with Crippen LogP contribution in [0.1, 0.15) is 11.1 Å². The van der Waals surface area contributed by atoms with Crippen LogP contribution in [0, 0.1) is 6.92 Å². The van der Waals surface area contributed by atoms with Crippen molar-refractivity contribution < 1.29 is 14.6 Å². The lowest BCUT2D eigenvalue weighted by molar-refractivity contribution is 0.181. The maximum Gasteiger partial charge on any atom is 0.404 e. The molecule has 0 saturated heterocycles. The van der Waals surface area contributed by atoms with Crippen LogP contribution in [0.25, 0.3) is 11.1 Å². The zero-order valence-electron chi connectivity index (χ0n) is 12.1. The maximum absolute atomic E-state index is 10.6. The topological polar surface area (TPSA) is 58.6 Å². The van der Waals surface area contributed by atoms with Crippen molar-refractivity contribution in [2.45, 2.75) is 19.4 Å². The number of halogens is 1. The smallest absolute Gasteiger partial charge is 0.404 e. The summed E-state index contributed by atoms with van der Waals surface area (Å²) >= 11 is 6.24. The van der Waals surface area contributed by atoms with Gasteiger partial charge in [-0.05, 0) is 30.2 Å². The highest BCUT2D eigenvalue weighted by Crippen LogP contribution is 2.41. The summed E-state index contributed by atoms with van der Waals surface area (Å²) in [7, 11) is 0. The Labute approximate surface area is 133 Å². The molecule has 2 N–H and O–H groups in total. The summed E-state index contributed by atoms with van der Waals surface area (Å²) in [6, 6.07) is 11.8. The van der Waals surface area contributed by atoms with Gasteiger partial charge in [0.15, 0.2) is 0 Å². The number of carbonyl (C=O) groups is 1. The zero-order valence-corrected chi connectivity index (χ0v) is 12.9. The highest BCUT2D eigenvalue weighted by molar-refractivity contribution is 6.31. The van der Waals surface area contributed by atoms with E-state index in [4.69, 9.17) is 21.4 Å². The van der Waals surface area contributed by atoms with Gasteiger partial charge in [0.1, 0.15) is 11.9 Å². The first-order valence-corrected chi connectivity index (χ1v) is 7.44. The van der Waals surface area contributed by atoms with Gasteiger partial charge in [-0.15, -0.1) is 0 Å². The zero-order chi connectivity index (χ0) is 15.7. The van der Waals surface area contributed by atoms with E-state index in [2.05, 4.69) is 5.32 Å². The predicted molar refractivity (Wildman–Crippen MR) is 85.8 cm³/mol. The van der Waals surface area contributed by atoms with Gasteiger partial charge in [-0.25, -0.2) is 4.79 Å². The second kappa shape index (κ2) is 5.89. The monoisotopic (exact) mass is 317 g/mol. The van der Waals surface area contributed by atoms with Crippen molar-refractivity contribution in [3.05, 3.63) is 52.5 Å².